The number of piperazine rings is 2. The van der Waals surface area contributed by atoms with Gasteiger partial charge in [-0.1, -0.05) is 35.5 Å². The standard InChI is InChI=1S/C21H26BrN3O4S.C19H23BrN4OS/c1-5-28-18(26)12-8-15(22)17-16(9-12)30-19(23-17)25-13-6-7-14(25)11-24(10-13)20(27)29-21(2,3)4;20-15-7-11(18(25)22-12-3-1-2-4-12)8-16-17(15)23-19(26-16)24-13-5-6-14(24)10-21-9-13/h8-9,13-14H,5-7,10-11H2,1-4H3;7-8,12-14,21H,1-6,9-10H2,(H,22,25). The van der Waals surface area contributed by atoms with Gasteiger partial charge in [-0.05, 0) is 122 Å². The lowest BCUT2D eigenvalue weighted by atomic mass is 10.1. The summed E-state index contributed by atoms with van der Waals surface area (Å²) in [7, 11) is 0. The van der Waals surface area contributed by atoms with Crippen molar-refractivity contribution in [2.75, 3.05) is 42.6 Å². The number of ether oxygens (including phenoxy) is 2. The van der Waals surface area contributed by atoms with E-state index in [1.807, 2.05) is 43.9 Å². The van der Waals surface area contributed by atoms with Gasteiger partial charge in [0.1, 0.15) is 5.60 Å². The summed E-state index contributed by atoms with van der Waals surface area (Å²) in [4.78, 5) is 53.8. The summed E-state index contributed by atoms with van der Waals surface area (Å²) >= 11 is 10.5. The Morgan fingerprint density at radius 1 is 0.804 bits per heavy atom. The van der Waals surface area contributed by atoms with Crippen molar-refractivity contribution in [1.82, 2.24) is 25.5 Å². The molecule has 4 saturated heterocycles. The van der Waals surface area contributed by atoms with E-state index >= 15 is 0 Å². The molecule has 4 aromatic rings. The highest BCUT2D eigenvalue weighted by molar-refractivity contribution is 9.11. The number of nitrogens with one attached hydrogen (secondary N) is 2. The monoisotopic (exact) mass is 929 g/mol. The van der Waals surface area contributed by atoms with Gasteiger partial charge in [0, 0.05) is 70.9 Å². The lowest BCUT2D eigenvalue weighted by Crippen LogP contribution is -2.56. The molecule has 2 aromatic carbocycles. The summed E-state index contributed by atoms with van der Waals surface area (Å²) in [5, 5.41) is 8.74. The van der Waals surface area contributed by atoms with Crippen LogP contribution in [0.15, 0.2) is 33.2 Å². The number of thiazole rings is 2. The second kappa shape index (κ2) is 16.3. The fraction of sp³-hybridized carbons (Fsp3) is 0.575. The number of likely N-dealkylation sites (tertiary alicyclic amines) is 1. The Labute approximate surface area is 352 Å². The van der Waals surface area contributed by atoms with Gasteiger partial charge in [-0.15, -0.1) is 0 Å². The molecule has 1 aliphatic carbocycles. The number of halogens is 2. The summed E-state index contributed by atoms with van der Waals surface area (Å²) in [6, 6.07) is 9.43. The van der Waals surface area contributed by atoms with Gasteiger partial charge in [0.15, 0.2) is 10.3 Å². The van der Waals surface area contributed by atoms with Crippen molar-refractivity contribution in [3.8, 4) is 0 Å². The third-order valence-corrected chi connectivity index (χ3v) is 14.5. The fourth-order valence-corrected chi connectivity index (χ4v) is 12.5. The normalized spacial score (nSPS) is 23.4. The summed E-state index contributed by atoms with van der Waals surface area (Å²) in [5.41, 5.74) is 2.57. The number of benzene rings is 2. The zero-order chi connectivity index (χ0) is 39.3. The minimum absolute atomic E-state index is 0.0386. The van der Waals surface area contributed by atoms with Gasteiger partial charge in [-0.3, -0.25) is 4.79 Å². The highest BCUT2D eigenvalue weighted by Gasteiger charge is 2.44. The maximum absolute atomic E-state index is 12.7. The number of anilines is 2. The molecule has 300 valence electrons. The predicted molar refractivity (Wildman–Crippen MR) is 230 cm³/mol. The van der Waals surface area contributed by atoms with E-state index in [4.69, 9.17) is 19.4 Å². The maximum Gasteiger partial charge on any atom is 0.410 e. The number of hydrogen-bond donors (Lipinski definition) is 2. The van der Waals surface area contributed by atoms with Gasteiger partial charge in [-0.25, -0.2) is 19.6 Å². The quantitative estimate of drug-likeness (QED) is 0.182. The van der Waals surface area contributed by atoms with Crippen molar-refractivity contribution >= 4 is 103 Å². The van der Waals surface area contributed by atoms with Crippen LogP contribution in [0.5, 0.6) is 0 Å². The number of carbonyl (C=O) groups excluding carboxylic acids is 3. The topological polar surface area (TPSA) is 129 Å². The first-order chi connectivity index (χ1) is 26.8. The molecule has 5 aliphatic rings. The van der Waals surface area contributed by atoms with Crippen LogP contribution in [0.4, 0.5) is 15.1 Å². The summed E-state index contributed by atoms with van der Waals surface area (Å²) in [5.74, 6) is -0.294. The lowest BCUT2D eigenvalue weighted by molar-refractivity contribution is 0.0209. The van der Waals surface area contributed by atoms with E-state index in [2.05, 4.69) is 52.3 Å². The number of amides is 2. The van der Waals surface area contributed by atoms with E-state index in [0.717, 1.165) is 84.0 Å². The van der Waals surface area contributed by atoms with Crippen LogP contribution in [0.3, 0.4) is 0 Å². The zero-order valence-electron chi connectivity index (χ0n) is 32.2. The molecular formula is C40H49Br2N7O5S2. The first-order valence-corrected chi connectivity index (χ1v) is 23.0. The Kier molecular flexibility index (Phi) is 11.6. The van der Waals surface area contributed by atoms with Crippen molar-refractivity contribution in [1.29, 1.82) is 0 Å². The van der Waals surface area contributed by atoms with Gasteiger partial charge in [0.25, 0.3) is 5.91 Å². The molecule has 1 saturated carbocycles. The van der Waals surface area contributed by atoms with E-state index in [1.54, 1.807) is 35.7 Å². The van der Waals surface area contributed by atoms with Crippen molar-refractivity contribution in [3.05, 3.63) is 44.3 Å². The minimum atomic E-state index is -0.497. The minimum Gasteiger partial charge on any atom is -0.462 e. The molecule has 9 rings (SSSR count). The Hall–Kier alpha value is -3.05. The summed E-state index contributed by atoms with van der Waals surface area (Å²) in [6.07, 6.45) is 8.93. The molecule has 4 bridgehead atoms. The molecule has 5 fully saturated rings. The molecule has 4 unspecified atom stereocenters. The van der Waals surface area contributed by atoms with Gasteiger partial charge < -0.3 is 34.8 Å². The molecule has 16 heteroatoms. The van der Waals surface area contributed by atoms with Crippen LogP contribution in [0.2, 0.25) is 0 Å². The van der Waals surface area contributed by atoms with Crippen LogP contribution >= 0.6 is 54.5 Å². The average Bonchev–Trinajstić information content (AvgIpc) is 3.98. The number of hydrogen-bond acceptors (Lipinski definition) is 12. The van der Waals surface area contributed by atoms with E-state index in [-0.39, 0.29) is 30.1 Å². The van der Waals surface area contributed by atoms with Crippen molar-refractivity contribution < 1.29 is 23.9 Å². The number of fused-ring (bicyclic) bond motifs is 6. The Bertz CT molecular complexity index is 2100. The predicted octanol–water partition coefficient (Wildman–Crippen LogP) is 8.50. The number of nitrogens with zero attached hydrogens (tertiary/aromatic N) is 5. The molecule has 6 heterocycles. The molecule has 0 spiro atoms. The van der Waals surface area contributed by atoms with Gasteiger partial charge in [0.2, 0.25) is 0 Å². The molecule has 56 heavy (non-hydrogen) atoms. The SMILES string of the molecule is CCOC(=O)c1cc(Br)c2nc(N3C4CCC3CN(C(=O)OC(C)(C)C)C4)sc2c1.O=C(NC1CCCC1)c1cc(Br)c2nc(N3C4CCC3CNC4)sc2c1. The second-order valence-corrected chi connectivity index (χ2v) is 20.1. The van der Waals surface area contributed by atoms with Gasteiger partial charge in [-0.2, -0.15) is 0 Å². The summed E-state index contributed by atoms with van der Waals surface area (Å²) in [6.45, 7) is 11.2. The fourth-order valence-electron chi connectivity index (χ4n) is 8.76. The molecule has 2 aromatic heterocycles. The van der Waals surface area contributed by atoms with Crippen LogP contribution in [-0.4, -0.2) is 101 Å². The highest BCUT2D eigenvalue weighted by Crippen LogP contribution is 2.42. The van der Waals surface area contributed by atoms with Crippen LogP contribution in [0.1, 0.15) is 99.8 Å². The Balaban J connectivity index is 0.000000159. The van der Waals surface area contributed by atoms with Crippen LogP contribution in [0.25, 0.3) is 20.4 Å². The third-order valence-electron chi connectivity index (χ3n) is 11.3. The number of carbonyl (C=O) groups is 3. The van der Waals surface area contributed by atoms with Crippen LogP contribution in [0, 0.1) is 0 Å². The molecule has 4 aliphatic heterocycles. The van der Waals surface area contributed by atoms with Crippen molar-refractivity contribution in [2.45, 2.75) is 115 Å². The van der Waals surface area contributed by atoms with E-state index in [1.165, 1.54) is 25.7 Å². The van der Waals surface area contributed by atoms with Crippen LogP contribution < -0.4 is 20.4 Å². The van der Waals surface area contributed by atoms with Gasteiger partial charge in [0.05, 0.1) is 32.6 Å². The highest BCUT2D eigenvalue weighted by atomic mass is 79.9. The van der Waals surface area contributed by atoms with Crippen molar-refractivity contribution in [3.63, 3.8) is 0 Å². The third kappa shape index (κ3) is 8.27. The second-order valence-electron chi connectivity index (χ2n) is 16.4. The van der Waals surface area contributed by atoms with Crippen molar-refractivity contribution in [2.24, 2.45) is 0 Å². The van der Waals surface area contributed by atoms with Gasteiger partial charge >= 0.3 is 12.1 Å². The summed E-state index contributed by atoms with van der Waals surface area (Å²) < 4.78 is 14.4. The largest absolute Gasteiger partial charge is 0.462 e. The number of esters is 1. The molecule has 2 amide bonds. The van der Waals surface area contributed by atoms with E-state index < -0.39 is 5.60 Å². The first-order valence-electron chi connectivity index (χ1n) is 19.8. The molecular weight excluding hydrogens is 882 g/mol. The maximum atomic E-state index is 12.7. The lowest BCUT2D eigenvalue weighted by Gasteiger charge is -2.41. The number of aromatic nitrogens is 2. The Morgan fingerprint density at radius 2 is 1.32 bits per heavy atom. The van der Waals surface area contributed by atoms with E-state index in [0.29, 0.717) is 43.4 Å². The molecule has 4 atom stereocenters. The average molecular weight is 932 g/mol. The molecule has 2 N–H and O–H groups in total. The van der Waals surface area contributed by atoms with E-state index in [9.17, 15) is 14.4 Å². The smallest absolute Gasteiger partial charge is 0.410 e. The Morgan fingerprint density at radius 3 is 1.88 bits per heavy atom. The molecule has 12 nitrogen and oxygen atoms in total. The zero-order valence-corrected chi connectivity index (χ0v) is 37.0. The molecule has 0 radical (unpaired) electrons. The van der Waals surface area contributed by atoms with Crippen LogP contribution in [-0.2, 0) is 9.47 Å². The number of rotatable bonds is 6. The first kappa shape index (κ1) is 39.8.